The van der Waals surface area contributed by atoms with Crippen LogP contribution in [0.5, 0.6) is 5.75 Å². The van der Waals surface area contributed by atoms with Gasteiger partial charge in [-0.05, 0) is 29.7 Å². The van der Waals surface area contributed by atoms with E-state index in [9.17, 15) is 4.79 Å². The molecule has 2 aromatic rings. The summed E-state index contributed by atoms with van der Waals surface area (Å²) in [7, 11) is 1.60. The highest BCUT2D eigenvalue weighted by atomic mass is 16.5. The zero-order chi connectivity index (χ0) is 15.2. The van der Waals surface area contributed by atoms with Gasteiger partial charge in [0.25, 0.3) is 5.91 Å². The fraction of sp³-hybridized carbons (Fsp3) is 0.278. The van der Waals surface area contributed by atoms with Gasteiger partial charge in [-0.2, -0.15) is 0 Å². The van der Waals surface area contributed by atoms with Gasteiger partial charge in [0.15, 0.2) is 0 Å². The van der Waals surface area contributed by atoms with E-state index < -0.39 is 0 Å². The van der Waals surface area contributed by atoms with Crippen LogP contribution >= 0.6 is 0 Å². The second-order valence-electron chi connectivity index (χ2n) is 5.34. The number of carbonyl (C=O) groups excluding carboxylic acids is 1. The highest BCUT2D eigenvalue weighted by Crippen LogP contribution is 2.22. The molecule has 1 N–H and O–H groups in total. The molecule has 0 aliphatic rings. The van der Waals surface area contributed by atoms with Gasteiger partial charge >= 0.3 is 0 Å². The molecule has 21 heavy (non-hydrogen) atoms. The van der Waals surface area contributed by atoms with Crippen LogP contribution in [-0.4, -0.2) is 13.0 Å². The van der Waals surface area contributed by atoms with Crippen molar-refractivity contribution in [2.45, 2.75) is 19.9 Å². The van der Waals surface area contributed by atoms with E-state index in [1.807, 2.05) is 42.5 Å². The average molecular weight is 283 g/mol. The van der Waals surface area contributed by atoms with Crippen LogP contribution in [0.4, 0.5) is 0 Å². The van der Waals surface area contributed by atoms with Crippen molar-refractivity contribution in [3.8, 4) is 5.75 Å². The second kappa shape index (κ2) is 6.93. The van der Waals surface area contributed by atoms with Crippen molar-refractivity contribution in [1.29, 1.82) is 0 Å². The zero-order valence-corrected chi connectivity index (χ0v) is 12.7. The van der Waals surface area contributed by atoms with Gasteiger partial charge in [-0.1, -0.05) is 50.2 Å². The Morgan fingerprint density at radius 3 is 2.38 bits per heavy atom. The molecule has 3 nitrogen and oxygen atoms in total. The highest BCUT2D eigenvalue weighted by Gasteiger charge is 2.19. The number of rotatable bonds is 5. The number of methoxy groups -OCH3 is 1. The van der Waals surface area contributed by atoms with E-state index in [1.54, 1.807) is 19.2 Å². The van der Waals surface area contributed by atoms with Crippen LogP contribution < -0.4 is 10.1 Å². The lowest BCUT2D eigenvalue weighted by molar-refractivity contribution is 0.0925. The van der Waals surface area contributed by atoms with Crippen molar-refractivity contribution in [3.63, 3.8) is 0 Å². The molecule has 0 unspecified atom stereocenters. The minimum Gasteiger partial charge on any atom is -0.497 e. The van der Waals surface area contributed by atoms with Gasteiger partial charge < -0.3 is 10.1 Å². The van der Waals surface area contributed by atoms with Crippen molar-refractivity contribution in [2.24, 2.45) is 5.92 Å². The van der Waals surface area contributed by atoms with Gasteiger partial charge in [-0.3, -0.25) is 4.79 Å². The first-order chi connectivity index (χ1) is 10.1. The van der Waals surface area contributed by atoms with Crippen LogP contribution in [0, 0.1) is 5.92 Å². The second-order valence-corrected chi connectivity index (χ2v) is 5.34. The molecule has 3 heteroatoms. The summed E-state index contributed by atoms with van der Waals surface area (Å²) in [4.78, 5) is 12.4. The molecule has 0 saturated carbocycles. The van der Waals surface area contributed by atoms with Crippen molar-refractivity contribution in [2.75, 3.05) is 7.11 Å². The Balaban J connectivity index is 2.19. The number of ether oxygens (including phenoxy) is 1. The lowest BCUT2D eigenvalue weighted by Crippen LogP contribution is -2.31. The van der Waals surface area contributed by atoms with Gasteiger partial charge in [0.1, 0.15) is 5.75 Å². The summed E-state index contributed by atoms with van der Waals surface area (Å²) in [5.74, 6) is 0.905. The van der Waals surface area contributed by atoms with Gasteiger partial charge in [0.05, 0.1) is 13.2 Å². The van der Waals surface area contributed by atoms with Crippen molar-refractivity contribution >= 4 is 5.91 Å². The fourth-order valence-corrected chi connectivity index (χ4v) is 2.28. The first-order valence-electron chi connectivity index (χ1n) is 7.11. The maximum absolute atomic E-state index is 12.4. The Morgan fingerprint density at radius 2 is 1.76 bits per heavy atom. The average Bonchev–Trinajstić information content (AvgIpc) is 2.53. The Bertz CT molecular complexity index is 593. The van der Waals surface area contributed by atoms with Crippen LogP contribution in [0.3, 0.4) is 0 Å². The lowest BCUT2D eigenvalue weighted by atomic mass is 9.95. The monoisotopic (exact) mass is 283 g/mol. The van der Waals surface area contributed by atoms with E-state index in [2.05, 4.69) is 19.2 Å². The van der Waals surface area contributed by atoms with Crippen LogP contribution in [0.15, 0.2) is 54.6 Å². The van der Waals surface area contributed by atoms with E-state index in [-0.39, 0.29) is 11.9 Å². The first-order valence-corrected chi connectivity index (χ1v) is 7.11. The normalized spacial score (nSPS) is 12.0. The summed E-state index contributed by atoms with van der Waals surface area (Å²) >= 11 is 0. The van der Waals surface area contributed by atoms with Crippen LogP contribution in [-0.2, 0) is 0 Å². The minimum absolute atomic E-state index is 0.00935. The molecular formula is C18H21NO2. The summed E-state index contributed by atoms with van der Waals surface area (Å²) in [6, 6.07) is 17.2. The molecule has 0 aliphatic carbocycles. The quantitative estimate of drug-likeness (QED) is 0.906. The van der Waals surface area contributed by atoms with E-state index in [4.69, 9.17) is 4.74 Å². The molecule has 0 heterocycles. The standard InChI is InChI=1S/C18H21NO2/c1-13(2)17(14-8-5-4-6-9-14)19-18(20)15-10-7-11-16(12-15)21-3/h4-13,17H,1-3H3,(H,19,20)/t17-/m0/s1. The molecule has 0 saturated heterocycles. The summed E-state index contributed by atoms with van der Waals surface area (Å²) in [6.45, 7) is 4.20. The van der Waals surface area contributed by atoms with Crippen LogP contribution in [0.1, 0.15) is 35.8 Å². The van der Waals surface area contributed by atoms with Crippen molar-refractivity contribution < 1.29 is 9.53 Å². The predicted octanol–water partition coefficient (Wildman–Crippen LogP) is 3.82. The molecule has 0 fully saturated rings. The molecule has 1 atom stereocenters. The number of carbonyl (C=O) groups is 1. The maximum Gasteiger partial charge on any atom is 0.251 e. The third-order valence-corrected chi connectivity index (χ3v) is 3.44. The summed E-state index contributed by atoms with van der Waals surface area (Å²) in [5.41, 5.74) is 1.72. The summed E-state index contributed by atoms with van der Waals surface area (Å²) < 4.78 is 5.16. The lowest BCUT2D eigenvalue weighted by Gasteiger charge is -2.23. The third kappa shape index (κ3) is 3.85. The predicted molar refractivity (Wildman–Crippen MR) is 84.5 cm³/mol. The molecule has 0 aliphatic heterocycles. The zero-order valence-electron chi connectivity index (χ0n) is 12.7. The Morgan fingerprint density at radius 1 is 1.05 bits per heavy atom. The highest BCUT2D eigenvalue weighted by molar-refractivity contribution is 5.94. The van der Waals surface area contributed by atoms with Gasteiger partial charge in [0, 0.05) is 5.56 Å². The Hall–Kier alpha value is -2.29. The van der Waals surface area contributed by atoms with Crippen LogP contribution in [0.2, 0.25) is 0 Å². The number of nitrogens with one attached hydrogen (secondary N) is 1. The molecule has 2 aromatic carbocycles. The number of benzene rings is 2. The molecule has 0 spiro atoms. The molecular weight excluding hydrogens is 262 g/mol. The van der Waals surface area contributed by atoms with E-state index in [1.165, 1.54) is 0 Å². The molecule has 0 bridgehead atoms. The molecule has 110 valence electrons. The van der Waals surface area contributed by atoms with Gasteiger partial charge in [-0.25, -0.2) is 0 Å². The topological polar surface area (TPSA) is 38.3 Å². The van der Waals surface area contributed by atoms with E-state index in [0.29, 0.717) is 17.2 Å². The van der Waals surface area contributed by atoms with Crippen LogP contribution in [0.25, 0.3) is 0 Å². The number of amides is 1. The molecule has 0 radical (unpaired) electrons. The summed E-state index contributed by atoms with van der Waals surface area (Å²) in [6.07, 6.45) is 0. The number of hydrogen-bond acceptors (Lipinski definition) is 2. The Kier molecular flexibility index (Phi) is 4.99. The fourth-order valence-electron chi connectivity index (χ4n) is 2.28. The van der Waals surface area contributed by atoms with Gasteiger partial charge in [-0.15, -0.1) is 0 Å². The first kappa shape index (κ1) is 15.1. The van der Waals surface area contributed by atoms with E-state index >= 15 is 0 Å². The van der Waals surface area contributed by atoms with Crippen molar-refractivity contribution in [3.05, 3.63) is 65.7 Å². The van der Waals surface area contributed by atoms with E-state index in [0.717, 1.165) is 5.56 Å². The Labute approximate surface area is 126 Å². The molecule has 1 amide bonds. The smallest absolute Gasteiger partial charge is 0.251 e. The maximum atomic E-state index is 12.4. The number of hydrogen-bond donors (Lipinski definition) is 1. The molecule has 2 rings (SSSR count). The molecule has 0 aromatic heterocycles. The summed E-state index contributed by atoms with van der Waals surface area (Å²) in [5, 5.41) is 3.11. The third-order valence-electron chi connectivity index (χ3n) is 3.44. The largest absolute Gasteiger partial charge is 0.497 e. The van der Waals surface area contributed by atoms with Crippen molar-refractivity contribution in [1.82, 2.24) is 5.32 Å². The SMILES string of the molecule is COc1cccc(C(=O)N[C@H](c2ccccc2)C(C)C)c1. The van der Waals surface area contributed by atoms with Gasteiger partial charge in [0.2, 0.25) is 0 Å². The minimum atomic E-state index is -0.0866.